The lowest BCUT2D eigenvalue weighted by Gasteiger charge is -2.54. The van der Waals surface area contributed by atoms with E-state index in [1.165, 1.54) is 0 Å². The number of hydrogen-bond donors (Lipinski definition) is 2. The van der Waals surface area contributed by atoms with Gasteiger partial charge in [-0.15, -0.1) is 10.2 Å². The monoisotopic (exact) mass is 423 g/mol. The van der Waals surface area contributed by atoms with Crippen molar-refractivity contribution in [3.8, 4) is 28.6 Å². The van der Waals surface area contributed by atoms with Crippen molar-refractivity contribution in [2.45, 2.75) is 62.9 Å². The Morgan fingerprint density at radius 1 is 1.19 bits per heavy atom. The van der Waals surface area contributed by atoms with E-state index in [1.54, 1.807) is 47.6 Å². The molecule has 0 aliphatic carbocycles. The Balaban J connectivity index is 1.34. The zero-order chi connectivity index (χ0) is 21.6. The molecule has 2 N–H and O–H groups in total. The van der Waals surface area contributed by atoms with E-state index >= 15 is 4.39 Å². The minimum atomic E-state index is -1.12. The maximum absolute atomic E-state index is 15.2. The summed E-state index contributed by atoms with van der Waals surface area (Å²) in [4.78, 5) is 4.01. The summed E-state index contributed by atoms with van der Waals surface area (Å²) in [6.45, 7) is 4.08. The molecule has 4 heterocycles. The van der Waals surface area contributed by atoms with Gasteiger partial charge in [0, 0.05) is 42.0 Å². The van der Waals surface area contributed by atoms with Gasteiger partial charge in [0.1, 0.15) is 11.9 Å². The molecule has 2 bridgehead atoms. The summed E-state index contributed by atoms with van der Waals surface area (Å²) in [6, 6.07) is 8.70. The van der Waals surface area contributed by atoms with E-state index in [4.69, 9.17) is 4.74 Å². The van der Waals surface area contributed by atoms with Crippen LogP contribution in [0.4, 0.5) is 4.39 Å². The second-order valence-electron chi connectivity index (χ2n) is 9.15. The standard InChI is InChI=1S/C23H26FN5O2/c1-22-8-3-9-23(2,28-22)21(24)19(13-22)31-20-7-6-17(26-27-20)16-5-4-15(12-18(16)30)29-11-10-25-14-29/h4-7,10-12,14,19,21,28,30H,3,8-9,13H2,1-2H3/t19-,21-,22-,23+/m0/s1. The van der Waals surface area contributed by atoms with Gasteiger partial charge in [-0.3, -0.25) is 0 Å². The number of ether oxygens (including phenoxy) is 1. The van der Waals surface area contributed by atoms with Crippen LogP contribution in [0.3, 0.4) is 0 Å². The number of benzene rings is 1. The predicted molar refractivity (Wildman–Crippen MR) is 114 cm³/mol. The topological polar surface area (TPSA) is 85.1 Å². The summed E-state index contributed by atoms with van der Waals surface area (Å²) in [5, 5.41) is 22.3. The van der Waals surface area contributed by atoms with Gasteiger partial charge in [0.15, 0.2) is 6.17 Å². The van der Waals surface area contributed by atoms with Gasteiger partial charge in [-0.2, -0.15) is 0 Å². The van der Waals surface area contributed by atoms with Crippen LogP contribution in [-0.4, -0.2) is 48.2 Å². The largest absolute Gasteiger partial charge is 0.507 e. The Morgan fingerprint density at radius 2 is 2.06 bits per heavy atom. The molecule has 2 fully saturated rings. The Kier molecular flexibility index (Phi) is 4.69. The third-order valence-corrected chi connectivity index (χ3v) is 6.57. The number of halogens is 1. The molecule has 0 radical (unpaired) electrons. The molecule has 3 aromatic rings. The van der Waals surface area contributed by atoms with Crippen LogP contribution in [0.25, 0.3) is 16.9 Å². The van der Waals surface area contributed by atoms with Crippen LogP contribution in [0, 0.1) is 0 Å². The first-order valence-corrected chi connectivity index (χ1v) is 10.6. The molecule has 0 saturated carbocycles. The van der Waals surface area contributed by atoms with Crippen molar-refractivity contribution in [2.75, 3.05) is 0 Å². The van der Waals surface area contributed by atoms with Gasteiger partial charge < -0.3 is 19.7 Å². The van der Waals surface area contributed by atoms with Gasteiger partial charge in [0.25, 0.3) is 0 Å². The van der Waals surface area contributed by atoms with Crippen molar-refractivity contribution in [1.82, 2.24) is 25.1 Å². The Hall–Kier alpha value is -3.00. The number of rotatable bonds is 4. The molecule has 0 spiro atoms. The predicted octanol–water partition coefficient (Wildman–Crippen LogP) is 3.82. The molecule has 8 heteroatoms. The minimum absolute atomic E-state index is 0.0880. The summed E-state index contributed by atoms with van der Waals surface area (Å²) in [5.74, 6) is 0.378. The summed E-state index contributed by atoms with van der Waals surface area (Å²) in [5.41, 5.74) is 1.16. The molecular formula is C23H26FN5O2. The van der Waals surface area contributed by atoms with Crippen LogP contribution in [0.2, 0.25) is 0 Å². The van der Waals surface area contributed by atoms with Crippen LogP contribution in [0.1, 0.15) is 39.5 Å². The summed E-state index contributed by atoms with van der Waals surface area (Å²) in [7, 11) is 0. The van der Waals surface area contributed by atoms with Gasteiger partial charge >= 0.3 is 0 Å². The molecule has 0 amide bonds. The normalized spacial score (nSPS) is 30.2. The lowest BCUT2D eigenvalue weighted by molar-refractivity contribution is -0.0626. The SMILES string of the molecule is C[C@@]12CCC[C@@](C)(N1)[C@@H](F)[C@@H](Oc1ccc(-c3ccc(-n4ccnc4)cc3O)nn1)C2. The molecule has 162 valence electrons. The highest BCUT2D eigenvalue weighted by Crippen LogP contribution is 2.42. The number of hydrogen-bond acceptors (Lipinski definition) is 6. The van der Waals surface area contributed by atoms with Gasteiger partial charge in [-0.1, -0.05) is 0 Å². The number of phenolic OH excluding ortho intramolecular Hbond substituents is 1. The molecule has 2 aromatic heterocycles. The maximum atomic E-state index is 15.2. The van der Waals surface area contributed by atoms with Crippen LogP contribution in [-0.2, 0) is 0 Å². The molecule has 5 rings (SSSR count). The molecule has 2 aliphatic rings. The number of piperidine rings is 2. The smallest absolute Gasteiger partial charge is 0.233 e. The molecule has 0 unspecified atom stereocenters. The summed E-state index contributed by atoms with van der Waals surface area (Å²) < 4.78 is 23.0. The zero-order valence-electron chi connectivity index (χ0n) is 17.6. The van der Waals surface area contributed by atoms with E-state index in [-0.39, 0.29) is 17.2 Å². The van der Waals surface area contributed by atoms with Crippen molar-refractivity contribution in [2.24, 2.45) is 0 Å². The van der Waals surface area contributed by atoms with Gasteiger partial charge in [0.2, 0.25) is 5.88 Å². The van der Waals surface area contributed by atoms with Crippen molar-refractivity contribution < 1.29 is 14.2 Å². The van der Waals surface area contributed by atoms with Crippen molar-refractivity contribution in [3.63, 3.8) is 0 Å². The molecule has 31 heavy (non-hydrogen) atoms. The second-order valence-corrected chi connectivity index (χ2v) is 9.15. The average Bonchev–Trinajstić information content (AvgIpc) is 3.27. The number of nitrogens with zero attached hydrogens (tertiary/aromatic N) is 4. The fourth-order valence-corrected chi connectivity index (χ4v) is 5.07. The molecule has 2 aliphatic heterocycles. The van der Waals surface area contributed by atoms with Gasteiger partial charge in [-0.25, -0.2) is 9.37 Å². The first-order chi connectivity index (χ1) is 14.9. The minimum Gasteiger partial charge on any atom is -0.507 e. The van der Waals surface area contributed by atoms with Crippen molar-refractivity contribution in [1.29, 1.82) is 0 Å². The molecular weight excluding hydrogens is 397 g/mol. The van der Waals surface area contributed by atoms with Crippen LogP contribution in [0.15, 0.2) is 49.1 Å². The summed E-state index contributed by atoms with van der Waals surface area (Å²) >= 11 is 0. The van der Waals surface area contributed by atoms with Crippen LogP contribution < -0.4 is 10.1 Å². The zero-order valence-corrected chi connectivity index (χ0v) is 17.6. The third kappa shape index (κ3) is 3.65. The van der Waals surface area contributed by atoms with Gasteiger partial charge in [0.05, 0.1) is 23.2 Å². The Labute approximate surface area is 180 Å². The number of imidazole rings is 1. The number of aromatic hydroxyl groups is 1. The highest BCUT2D eigenvalue weighted by molar-refractivity contribution is 5.68. The van der Waals surface area contributed by atoms with E-state index in [9.17, 15) is 5.11 Å². The quantitative estimate of drug-likeness (QED) is 0.664. The van der Waals surface area contributed by atoms with Crippen molar-refractivity contribution >= 4 is 0 Å². The summed E-state index contributed by atoms with van der Waals surface area (Å²) in [6.07, 6.45) is 6.85. The third-order valence-electron chi connectivity index (χ3n) is 6.57. The fraction of sp³-hybridized carbons (Fsp3) is 0.435. The van der Waals surface area contributed by atoms with E-state index in [1.807, 2.05) is 13.0 Å². The highest BCUT2D eigenvalue weighted by Gasteiger charge is 2.53. The van der Waals surface area contributed by atoms with Crippen molar-refractivity contribution in [3.05, 3.63) is 49.1 Å². The first kappa shape index (κ1) is 19.9. The highest BCUT2D eigenvalue weighted by atomic mass is 19.1. The molecule has 7 nitrogen and oxygen atoms in total. The fourth-order valence-electron chi connectivity index (χ4n) is 5.07. The van der Waals surface area contributed by atoms with Gasteiger partial charge in [-0.05, 0) is 51.3 Å². The van der Waals surface area contributed by atoms with E-state index in [2.05, 4.69) is 27.4 Å². The number of phenols is 1. The first-order valence-electron chi connectivity index (χ1n) is 10.6. The Morgan fingerprint density at radius 3 is 2.77 bits per heavy atom. The lowest BCUT2D eigenvalue weighted by atomic mass is 9.69. The molecule has 4 atom stereocenters. The average molecular weight is 423 g/mol. The number of aromatic nitrogens is 4. The second kappa shape index (κ2) is 7.30. The number of alkyl halides is 1. The number of fused-ring (bicyclic) bond motifs is 2. The van der Waals surface area contributed by atoms with E-state index in [0.29, 0.717) is 17.7 Å². The maximum Gasteiger partial charge on any atom is 0.233 e. The van der Waals surface area contributed by atoms with E-state index in [0.717, 1.165) is 24.9 Å². The number of nitrogens with one attached hydrogen (secondary N) is 1. The van der Waals surface area contributed by atoms with Crippen LogP contribution >= 0.6 is 0 Å². The molecule has 1 aromatic carbocycles. The molecule has 2 saturated heterocycles. The lowest BCUT2D eigenvalue weighted by Crippen LogP contribution is -2.71. The van der Waals surface area contributed by atoms with Crippen LogP contribution in [0.5, 0.6) is 11.6 Å². The van der Waals surface area contributed by atoms with E-state index < -0.39 is 17.8 Å². The Bertz CT molecular complexity index is 1070.